The van der Waals surface area contributed by atoms with E-state index >= 15 is 0 Å². The van der Waals surface area contributed by atoms with Crippen LogP contribution < -0.4 is 10.6 Å². The number of amides is 1. The molecule has 0 aliphatic carbocycles. The van der Waals surface area contributed by atoms with E-state index in [1.807, 2.05) is 23.1 Å². The Morgan fingerprint density at radius 2 is 2.15 bits per heavy atom. The minimum atomic E-state index is 0.227. The first-order valence-corrected chi connectivity index (χ1v) is 7.83. The van der Waals surface area contributed by atoms with Crippen molar-refractivity contribution in [3.8, 4) is 0 Å². The number of carbonyl (C=O) groups excluding carboxylic acids is 1. The largest absolute Gasteiger partial charge is 0.399 e. The number of fused-ring (bicyclic) bond motifs is 1. The van der Waals surface area contributed by atoms with Crippen LogP contribution in [0.3, 0.4) is 0 Å². The second-order valence-electron chi connectivity index (χ2n) is 5.12. The molecule has 1 aliphatic heterocycles. The molecule has 20 heavy (non-hydrogen) atoms. The van der Waals surface area contributed by atoms with Crippen molar-refractivity contribution in [2.24, 2.45) is 0 Å². The monoisotopic (exact) mass is 286 g/mol. The van der Waals surface area contributed by atoms with Crippen LogP contribution in [-0.4, -0.2) is 12.5 Å². The van der Waals surface area contributed by atoms with Crippen molar-refractivity contribution in [1.82, 2.24) is 0 Å². The number of benzene rings is 1. The molecular weight excluding hydrogens is 268 g/mol. The Morgan fingerprint density at radius 1 is 1.25 bits per heavy atom. The highest BCUT2D eigenvalue weighted by Crippen LogP contribution is 2.29. The number of rotatable bonds is 3. The van der Waals surface area contributed by atoms with Crippen LogP contribution in [0.5, 0.6) is 0 Å². The summed E-state index contributed by atoms with van der Waals surface area (Å²) in [5.74, 6) is 0.227. The number of hydrogen-bond acceptors (Lipinski definition) is 3. The van der Waals surface area contributed by atoms with E-state index in [2.05, 4.69) is 17.5 Å². The Kier molecular flexibility index (Phi) is 3.74. The van der Waals surface area contributed by atoms with Crippen LogP contribution in [0, 0.1) is 0 Å². The van der Waals surface area contributed by atoms with E-state index in [1.165, 1.54) is 10.4 Å². The average molecular weight is 286 g/mol. The SMILES string of the molecule is Nc1ccc2c(c1)CCCC(=O)N2CCc1cccs1. The van der Waals surface area contributed by atoms with Crippen molar-refractivity contribution in [2.75, 3.05) is 17.2 Å². The van der Waals surface area contributed by atoms with E-state index in [1.54, 1.807) is 11.3 Å². The summed E-state index contributed by atoms with van der Waals surface area (Å²) in [4.78, 5) is 15.6. The van der Waals surface area contributed by atoms with Gasteiger partial charge >= 0.3 is 0 Å². The van der Waals surface area contributed by atoms with E-state index in [4.69, 9.17) is 5.73 Å². The molecule has 0 saturated heterocycles. The van der Waals surface area contributed by atoms with Crippen LogP contribution in [0.1, 0.15) is 23.3 Å². The molecule has 0 atom stereocenters. The molecule has 1 aromatic carbocycles. The van der Waals surface area contributed by atoms with E-state index < -0.39 is 0 Å². The fraction of sp³-hybridized carbons (Fsp3) is 0.312. The average Bonchev–Trinajstić information content (AvgIpc) is 2.89. The summed E-state index contributed by atoms with van der Waals surface area (Å²) in [6.45, 7) is 0.746. The number of hydrogen-bond donors (Lipinski definition) is 1. The molecule has 3 rings (SSSR count). The first-order chi connectivity index (χ1) is 9.74. The second kappa shape index (κ2) is 5.67. The van der Waals surface area contributed by atoms with Crippen molar-refractivity contribution >= 4 is 28.6 Å². The van der Waals surface area contributed by atoms with Gasteiger partial charge in [-0.3, -0.25) is 4.79 Å². The van der Waals surface area contributed by atoms with Crippen molar-refractivity contribution in [3.63, 3.8) is 0 Å². The summed E-state index contributed by atoms with van der Waals surface area (Å²) in [5, 5.41) is 2.08. The minimum absolute atomic E-state index is 0.227. The molecule has 2 aromatic rings. The maximum Gasteiger partial charge on any atom is 0.227 e. The molecule has 4 heteroatoms. The van der Waals surface area contributed by atoms with Crippen molar-refractivity contribution in [3.05, 3.63) is 46.2 Å². The zero-order valence-corrected chi connectivity index (χ0v) is 12.2. The Bertz CT molecular complexity index is 607. The normalized spacial score (nSPS) is 15.0. The fourth-order valence-electron chi connectivity index (χ4n) is 2.69. The van der Waals surface area contributed by atoms with Crippen molar-refractivity contribution < 1.29 is 4.79 Å². The number of carbonyl (C=O) groups is 1. The van der Waals surface area contributed by atoms with Crippen LogP contribution in [0.15, 0.2) is 35.7 Å². The van der Waals surface area contributed by atoms with Gasteiger partial charge in [0, 0.05) is 29.2 Å². The van der Waals surface area contributed by atoms with Crippen LogP contribution in [0.25, 0.3) is 0 Å². The van der Waals surface area contributed by atoms with Gasteiger partial charge in [-0.1, -0.05) is 6.07 Å². The molecule has 1 amide bonds. The summed E-state index contributed by atoms with van der Waals surface area (Å²) in [5.41, 5.74) is 8.87. The predicted octanol–water partition coefficient (Wildman–Crippen LogP) is 3.24. The summed E-state index contributed by atoms with van der Waals surface area (Å²) >= 11 is 1.74. The highest BCUT2D eigenvalue weighted by molar-refractivity contribution is 7.09. The van der Waals surface area contributed by atoms with E-state index in [0.717, 1.165) is 37.2 Å². The standard InChI is InChI=1S/C16H18N2OS/c17-13-6-7-15-12(11-13)3-1-5-16(19)18(15)9-8-14-4-2-10-20-14/h2,4,6-7,10-11H,1,3,5,8-9,17H2. The predicted molar refractivity (Wildman–Crippen MR) is 84.2 cm³/mol. The van der Waals surface area contributed by atoms with E-state index in [-0.39, 0.29) is 5.91 Å². The lowest BCUT2D eigenvalue weighted by atomic mass is 10.1. The second-order valence-corrected chi connectivity index (χ2v) is 6.15. The van der Waals surface area contributed by atoms with Crippen LogP contribution in [0.4, 0.5) is 11.4 Å². The number of anilines is 2. The maximum atomic E-state index is 12.3. The van der Waals surface area contributed by atoms with Gasteiger partial charge in [-0.05, 0) is 54.5 Å². The number of nitrogen functional groups attached to an aromatic ring is 1. The molecule has 2 heterocycles. The van der Waals surface area contributed by atoms with Crippen molar-refractivity contribution in [1.29, 1.82) is 0 Å². The lowest BCUT2D eigenvalue weighted by Gasteiger charge is -2.23. The molecule has 3 nitrogen and oxygen atoms in total. The van der Waals surface area contributed by atoms with E-state index in [0.29, 0.717) is 6.42 Å². The van der Waals surface area contributed by atoms with Gasteiger partial charge in [0.1, 0.15) is 0 Å². The number of thiophene rings is 1. The van der Waals surface area contributed by atoms with Gasteiger partial charge in [-0.15, -0.1) is 11.3 Å². The lowest BCUT2D eigenvalue weighted by Crippen LogP contribution is -2.32. The molecule has 0 radical (unpaired) electrons. The zero-order valence-electron chi connectivity index (χ0n) is 11.3. The zero-order chi connectivity index (χ0) is 13.9. The molecule has 0 spiro atoms. The summed E-state index contributed by atoms with van der Waals surface area (Å²) in [6, 6.07) is 10.1. The highest BCUT2D eigenvalue weighted by atomic mass is 32.1. The number of aryl methyl sites for hydroxylation is 1. The van der Waals surface area contributed by atoms with Gasteiger partial charge in [-0.25, -0.2) is 0 Å². The minimum Gasteiger partial charge on any atom is -0.399 e. The lowest BCUT2D eigenvalue weighted by molar-refractivity contribution is -0.118. The molecule has 0 bridgehead atoms. The molecular formula is C16H18N2OS. The van der Waals surface area contributed by atoms with Crippen LogP contribution in [0.2, 0.25) is 0 Å². The topological polar surface area (TPSA) is 46.3 Å². The fourth-order valence-corrected chi connectivity index (χ4v) is 3.39. The third kappa shape index (κ3) is 2.70. The first kappa shape index (κ1) is 13.2. The third-order valence-electron chi connectivity index (χ3n) is 3.69. The summed E-state index contributed by atoms with van der Waals surface area (Å²) < 4.78 is 0. The Labute approximate surface area is 123 Å². The molecule has 2 N–H and O–H groups in total. The molecule has 0 saturated carbocycles. The first-order valence-electron chi connectivity index (χ1n) is 6.95. The van der Waals surface area contributed by atoms with Gasteiger partial charge < -0.3 is 10.6 Å². The van der Waals surface area contributed by atoms with Crippen LogP contribution >= 0.6 is 11.3 Å². The third-order valence-corrected chi connectivity index (χ3v) is 4.63. The van der Waals surface area contributed by atoms with E-state index in [9.17, 15) is 4.79 Å². The maximum absolute atomic E-state index is 12.3. The Hall–Kier alpha value is -1.81. The number of nitrogens with zero attached hydrogens (tertiary/aromatic N) is 1. The van der Waals surface area contributed by atoms with Gasteiger partial charge in [0.05, 0.1) is 0 Å². The van der Waals surface area contributed by atoms with Gasteiger partial charge in [0.25, 0.3) is 0 Å². The van der Waals surface area contributed by atoms with Crippen LogP contribution in [-0.2, 0) is 17.6 Å². The molecule has 0 fully saturated rings. The summed E-state index contributed by atoms with van der Waals surface area (Å²) in [7, 11) is 0. The van der Waals surface area contributed by atoms with Gasteiger partial charge in [0.2, 0.25) is 5.91 Å². The number of nitrogens with two attached hydrogens (primary N) is 1. The smallest absolute Gasteiger partial charge is 0.227 e. The highest BCUT2D eigenvalue weighted by Gasteiger charge is 2.22. The molecule has 0 unspecified atom stereocenters. The Morgan fingerprint density at radius 3 is 2.95 bits per heavy atom. The van der Waals surface area contributed by atoms with Gasteiger partial charge in [0.15, 0.2) is 0 Å². The quantitative estimate of drug-likeness (QED) is 0.880. The molecule has 104 valence electrons. The van der Waals surface area contributed by atoms with Crippen molar-refractivity contribution in [2.45, 2.75) is 25.7 Å². The van der Waals surface area contributed by atoms with Gasteiger partial charge in [-0.2, -0.15) is 0 Å². The Balaban J connectivity index is 1.85. The molecule has 1 aromatic heterocycles. The molecule has 1 aliphatic rings. The summed E-state index contributed by atoms with van der Waals surface area (Å²) in [6.07, 6.45) is 3.37.